The minimum absolute atomic E-state index is 0.148. The van der Waals surface area contributed by atoms with E-state index in [0.29, 0.717) is 35.8 Å². The Morgan fingerprint density at radius 1 is 0.958 bits per heavy atom. The Hall–Kier alpha value is -2.69. The lowest BCUT2D eigenvalue weighted by Gasteiger charge is -2.13. The van der Waals surface area contributed by atoms with Crippen molar-refractivity contribution in [1.82, 2.24) is 5.32 Å². The van der Waals surface area contributed by atoms with Crippen molar-refractivity contribution in [2.24, 2.45) is 0 Å². The van der Waals surface area contributed by atoms with Crippen LogP contribution in [0.3, 0.4) is 0 Å². The molecule has 0 heterocycles. The fourth-order valence-corrected chi connectivity index (χ4v) is 2.53. The van der Waals surface area contributed by atoms with Gasteiger partial charge in [-0.3, -0.25) is 4.79 Å². The van der Waals surface area contributed by atoms with E-state index in [2.05, 4.69) is 5.32 Å². The maximum atomic E-state index is 12.3. The summed E-state index contributed by atoms with van der Waals surface area (Å²) in [5, 5.41) is 2.92. The summed E-state index contributed by atoms with van der Waals surface area (Å²) in [6, 6.07) is 11.1. The molecule has 0 atom stereocenters. The van der Waals surface area contributed by atoms with Gasteiger partial charge >= 0.3 is 0 Å². The highest BCUT2D eigenvalue weighted by Crippen LogP contribution is 2.30. The van der Waals surface area contributed by atoms with Crippen LogP contribution >= 0.6 is 0 Å². The fourth-order valence-electron chi connectivity index (χ4n) is 2.53. The smallest absolute Gasteiger partial charge is 0.255 e. The van der Waals surface area contributed by atoms with Gasteiger partial charge in [-0.2, -0.15) is 0 Å². The number of aryl methyl sites for hydroxylation is 1. The number of rotatable bonds is 7. The summed E-state index contributed by atoms with van der Waals surface area (Å²) in [6.07, 6.45) is 0.701. The molecule has 0 spiro atoms. The van der Waals surface area contributed by atoms with Crippen LogP contribution in [-0.4, -0.2) is 33.8 Å². The molecule has 2 rings (SSSR count). The van der Waals surface area contributed by atoms with Crippen LogP contribution in [-0.2, 0) is 6.42 Å². The van der Waals surface area contributed by atoms with Crippen LogP contribution < -0.4 is 19.5 Å². The highest BCUT2D eigenvalue weighted by Gasteiger charge is 2.12. The lowest BCUT2D eigenvalue weighted by molar-refractivity contribution is 0.0951. The lowest BCUT2D eigenvalue weighted by atomic mass is 10.0. The van der Waals surface area contributed by atoms with Gasteiger partial charge in [0.2, 0.25) is 0 Å². The Labute approximate surface area is 142 Å². The third-order valence-electron chi connectivity index (χ3n) is 3.87. The highest BCUT2D eigenvalue weighted by atomic mass is 16.5. The SMILES string of the molecule is COc1cc(C)c(CCNC(=O)c2ccccc2OC)cc1OC. The van der Waals surface area contributed by atoms with Crippen molar-refractivity contribution in [3.63, 3.8) is 0 Å². The molecule has 0 aromatic heterocycles. The summed E-state index contributed by atoms with van der Waals surface area (Å²) >= 11 is 0. The van der Waals surface area contributed by atoms with Gasteiger partial charge in [0.05, 0.1) is 26.9 Å². The van der Waals surface area contributed by atoms with Crippen LogP contribution in [0.5, 0.6) is 17.2 Å². The molecule has 0 saturated carbocycles. The molecule has 0 aliphatic rings. The summed E-state index contributed by atoms with van der Waals surface area (Å²) < 4.78 is 15.8. The minimum Gasteiger partial charge on any atom is -0.496 e. The molecule has 0 bridgehead atoms. The minimum atomic E-state index is -0.148. The Kier molecular flexibility index (Phi) is 6.07. The van der Waals surface area contributed by atoms with Gasteiger partial charge in [-0.05, 0) is 48.7 Å². The average Bonchev–Trinajstić information content (AvgIpc) is 2.62. The van der Waals surface area contributed by atoms with Crippen LogP contribution in [0.15, 0.2) is 36.4 Å². The van der Waals surface area contributed by atoms with E-state index in [9.17, 15) is 4.79 Å². The van der Waals surface area contributed by atoms with E-state index < -0.39 is 0 Å². The molecule has 128 valence electrons. The van der Waals surface area contributed by atoms with Crippen LogP contribution in [0.1, 0.15) is 21.5 Å². The maximum Gasteiger partial charge on any atom is 0.255 e. The van der Waals surface area contributed by atoms with Crippen LogP contribution in [0, 0.1) is 6.92 Å². The number of nitrogens with one attached hydrogen (secondary N) is 1. The van der Waals surface area contributed by atoms with Crippen molar-refractivity contribution >= 4 is 5.91 Å². The molecular formula is C19H23NO4. The van der Waals surface area contributed by atoms with E-state index in [4.69, 9.17) is 14.2 Å². The van der Waals surface area contributed by atoms with E-state index in [1.165, 1.54) is 0 Å². The van der Waals surface area contributed by atoms with Crippen molar-refractivity contribution in [3.8, 4) is 17.2 Å². The first-order valence-electron chi connectivity index (χ1n) is 7.73. The Morgan fingerprint density at radius 2 is 1.58 bits per heavy atom. The number of methoxy groups -OCH3 is 3. The van der Waals surface area contributed by atoms with Gasteiger partial charge < -0.3 is 19.5 Å². The third-order valence-corrected chi connectivity index (χ3v) is 3.87. The number of hydrogen-bond acceptors (Lipinski definition) is 4. The van der Waals surface area contributed by atoms with Gasteiger partial charge in [0.25, 0.3) is 5.91 Å². The Morgan fingerprint density at radius 3 is 2.25 bits per heavy atom. The van der Waals surface area contributed by atoms with Crippen molar-refractivity contribution < 1.29 is 19.0 Å². The molecule has 24 heavy (non-hydrogen) atoms. The van der Waals surface area contributed by atoms with Gasteiger partial charge in [-0.1, -0.05) is 12.1 Å². The van der Waals surface area contributed by atoms with Gasteiger partial charge in [0.1, 0.15) is 5.75 Å². The molecule has 0 aliphatic heterocycles. The molecule has 0 aliphatic carbocycles. The number of carbonyl (C=O) groups is 1. The second-order valence-electron chi connectivity index (χ2n) is 5.34. The molecule has 0 fully saturated rings. The maximum absolute atomic E-state index is 12.3. The van der Waals surface area contributed by atoms with E-state index in [0.717, 1.165) is 11.1 Å². The van der Waals surface area contributed by atoms with Gasteiger partial charge in [0.15, 0.2) is 11.5 Å². The van der Waals surface area contributed by atoms with Crippen LogP contribution in [0.4, 0.5) is 0 Å². The first-order chi connectivity index (χ1) is 11.6. The van der Waals surface area contributed by atoms with Crippen molar-refractivity contribution in [1.29, 1.82) is 0 Å². The van der Waals surface area contributed by atoms with Crippen LogP contribution in [0.25, 0.3) is 0 Å². The first-order valence-corrected chi connectivity index (χ1v) is 7.73. The van der Waals surface area contributed by atoms with Crippen LogP contribution in [0.2, 0.25) is 0 Å². The Bertz CT molecular complexity index is 713. The molecule has 5 nitrogen and oxygen atoms in total. The first kappa shape index (κ1) is 17.7. The molecule has 1 N–H and O–H groups in total. The molecule has 0 saturated heterocycles. The fraction of sp³-hybridized carbons (Fsp3) is 0.316. The molecule has 2 aromatic carbocycles. The number of hydrogen-bond donors (Lipinski definition) is 1. The predicted molar refractivity (Wildman–Crippen MR) is 93.3 cm³/mol. The molecule has 5 heteroatoms. The topological polar surface area (TPSA) is 56.8 Å². The number of para-hydroxylation sites is 1. The van der Waals surface area contributed by atoms with Crippen molar-refractivity contribution in [3.05, 3.63) is 53.1 Å². The monoisotopic (exact) mass is 329 g/mol. The number of amides is 1. The second kappa shape index (κ2) is 8.24. The molecule has 2 aromatic rings. The number of ether oxygens (including phenoxy) is 3. The molecular weight excluding hydrogens is 306 g/mol. The molecule has 0 unspecified atom stereocenters. The van der Waals surface area contributed by atoms with Crippen molar-refractivity contribution in [2.75, 3.05) is 27.9 Å². The van der Waals surface area contributed by atoms with Crippen molar-refractivity contribution in [2.45, 2.75) is 13.3 Å². The van der Waals surface area contributed by atoms with E-state index in [1.54, 1.807) is 33.5 Å². The summed E-state index contributed by atoms with van der Waals surface area (Å²) in [5.41, 5.74) is 2.73. The van der Waals surface area contributed by atoms with Gasteiger partial charge in [-0.25, -0.2) is 0 Å². The largest absolute Gasteiger partial charge is 0.496 e. The zero-order valence-corrected chi connectivity index (χ0v) is 14.5. The number of benzene rings is 2. The standard InChI is InChI=1S/C19H23NO4/c1-13-11-17(23-3)18(24-4)12-14(13)9-10-20-19(21)15-7-5-6-8-16(15)22-2/h5-8,11-12H,9-10H2,1-4H3,(H,20,21). The zero-order chi connectivity index (χ0) is 17.5. The summed E-state index contributed by atoms with van der Waals surface area (Å²) in [4.78, 5) is 12.3. The van der Waals surface area contributed by atoms with E-state index >= 15 is 0 Å². The predicted octanol–water partition coefficient (Wildman–Crippen LogP) is 2.99. The summed E-state index contributed by atoms with van der Waals surface area (Å²) in [5.74, 6) is 1.81. The summed E-state index contributed by atoms with van der Waals surface area (Å²) in [6.45, 7) is 2.53. The van der Waals surface area contributed by atoms with Gasteiger partial charge in [-0.15, -0.1) is 0 Å². The van der Waals surface area contributed by atoms with E-state index in [-0.39, 0.29) is 5.91 Å². The zero-order valence-electron chi connectivity index (χ0n) is 14.5. The molecule has 0 radical (unpaired) electrons. The highest BCUT2D eigenvalue weighted by molar-refractivity contribution is 5.96. The average molecular weight is 329 g/mol. The second-order valence-corrected chi connectivity index (χ2v) is 5.34. The van der Waals surface area contributed by atoms with E-state index in [1.807, 2.05) is 31.2 Å². The van der Waals surface area contributed by atoms with Gasteiger partial charge in [0, 0.05) is 6.54 Å². The Balaban J connectivity index is 2.03. The quantitative estimate of drug-likeness (QED) is 0.848. The summed E-state index contributed by atoms with van der Waals surface area (Å²) in [7, 11) is 4.78. The normalized spacial score (nSPS) is 10.2. The lowest BCUT2D eigenvalue weighted by Crippen LogP contribution is -2.26. The number of carbonyl (C=O) groups excluding carboxylic acids is 1. The third kappa shape index (κ3) is 3.98. The molecule has 1 amide bonds.